The maximum Gasteiger partial charge on any atom is 0.255 e. The van der Waals surface area contributed by atoms with Gasteiger partial charge in [0.1, 0.15) is 0 Å². The first-order valence-corrected chi connectivity index (χ1v) is 9.73. The first kappa shape index (κ1) is 18.6. The van der Waals surface area contributed by atoms with Crippen LogP contribution in [-0.2, 0) is 5.75 Å². The third-order valence-corrected chi connectivity index (χ3v) is 5.40. The van der Waals surface area contributed by atoms with Crippen molar-refractivity contribution >= 4 is 35.0 Å². The third-order valence-electron chi connectivity index (χ3n) is 4.08. The topological polar surface area (TPSA) is 29.1 Å². The molecule has 3 rings (SSSR count). The molecule has 0 fully saturated rings. The molecule has 0 saturated heterocycles. The molecule has 0 saturated carbocycles. The zero-order valence-corrected chi connectivity index (χ0v) is 16.3. The van der Waals surface area contributed by atoms with Crippen molar-refractivity contribution < 1.29 is 4.79 Å². The minimum absolute atomic E-state index is 0.117. The first-order valence-electron chi connectivity index (χ1n) is 8.37. The van der Waals surface area contributed by atoms with Gasteiger partial charge in [-0.2, -0.15) is 0 Å². The molecule has 3 aromatic rings. The highest BCUT2D eigenvalue weighted by Gasteiger charge is 2.08. The Labute approximate surface area is 163 Å². The molecule has 26 heavy (non-hydrogen) atoms. The lowest BCUT2D eigenvalue weighted by Crippen LogP contribution is -2.12. The fourth-order valence-electron chi connectivity index (χ4n) is 2.52. The maximum absolute atomic E-state index is 12.4. The van der Waals surface area contributed by atoms with Gasteiger partial charge in [0.25, 0.3) is 5.91 Å². The van der Waals surface area contributed by atoms with Crippen molar-refractivity contribution in [2.45, 2.75) is 24.5 Å². The molecule has 3 aromatic carbocycles. The monoisotopic (exact) mass is 381 g/mol. The van der Waals surface area contributed by atoms with Crippen molar-refractivity contribution in [2.75, 3.05) is 5.32 Å². The van der Waals surface area contributed by atoms with Crippen molar-refractivity contribution in [1.29, 1.82) is 0 Å². The van der Waals surface area contributed by atoms with Gasteiger partial charge in [0, 0.05) is 26.9 Å². The van der Waals surface area contributed by atoms with E-state index in [2.05, 4.69) is 36.5 Å². The van der Waals surface area contributed by atoms with Gasteiger partial charge in [0.15, 0.2) is 0 Å². The summed E-state index contributed by atoms with van der Waals surface area (Å²) in [4.78, 5) is 13.7. The van der Waals surface area contributed by atoms with Crippen molar-refractivity contribution in [1.82, 2.24) is 0 Å². The summed E-state index contributed by atoms with van der Waals surface area (Å²) in [5.41, 5.74) is 4.81. The molecular formula is C22H20ClNOS. The number of aryl methyl sites for hydroxylation is 2. The van der Waals surface area contributed by atoms with Crippen LogP contribution >= 0.6 is 23.4 Å². The number of hydrogen-bond donors (Lipinski definition) is 1. The molecule has 0 aliphatic heterocycles. The summed E-state index contributed by atoms with van der Waals surface area (Å²) in [5, 5.41) is 3.60. The Hall–Kier alpha value is -2.23. The van der Waals surface area contributed by atoms with Gasteiger partial charge in [-0.3, -0.25) is 4.79 Å². The SMILES string of the molecule is Cc1ccc(SCc2ccc(C(=O)Nc3ccc(Cl)cc3C)cc2)cc1. The normalized spacial score (nSPS) is 10.6. The number of benzene rings is 3. The second-order valence-electron chi connectivity index (χ2n) is 6.21. The number of amides is 1. The molecule has 4 heteroatoms. The minimum atomic E-state index is -0.117. The van der Waals surface area contributed by atoms with Crippen LogP contribution in [0.25, 0.3) is 0 Å². The Bertz CT molecular complexity index is 904. The van der Waals surface area contributed by atoms with Gasteiger partial charge in [-0.1, -0.05) is 41.4 Å². The molecule has 0 unspecified atom stereocenters. The van der Waals surface area contributed by atoms with E-state index < -0.39 is 0 Å². The van der Waals surface area contributed by atoms with E-state index in [0.29, 0.717) is 10.6 Å². The molecule has 0 atom stereocenters. The van der Waals surface area contributed by atoms with Gasteiger partial charge in [0.05, 0.1) is 0 Å². The lowest BCUT2D eigenvalue weighted by molar-refractivity contribution is 0.102. The average Bonchev–Trinajstić information content (AvgIpc) is 2.64. The summed E-state index contributed by atoms with van der Waals surface area (Å²) in [5.74, 6) is 0.759. The molecule has 0 aromatic heterocycles. The highest BCUT2D eigenvalue weighted by Crippen LogP contribution is 2.24. The molecule has 0 heterocycles. The maximum atomic E-state index is 12.4. The first-order chi connectivity index (χ1) is 12.5. The standard InChI is InChI=1S/C22H20ClNOS/c1-15-3-10-20(11-4-15)26-14-17-5-7-18(8-6-17)22(25)24-21-12-9-19(23)13-16(21)2/h3-13H,14H2,1-2H3,(H,24,25). The predicted molar refractivity (Wildman–Crippen MR) is 111 cm³/mol. The Morgan fingerprint density at radius 1 is 0.962 bits per heavy atom. The molecule has 0 bridgehead atoms. The number of halogens is 1. The highest BCUT2D eigenvalue weighted by atomic mass is 35.5. The van der Waals surface area contributed by atoms with E-state index in [1.807, 2.05) is 43.3 Å². The van der Waals surface area contributed by atoms with E-state index in [-0.39, 0.29) is 5.91 Å². The zero-order chi connectivity index (χ0) is 18.5. The van der Waals surface area contributed by atoms with Crippen LogP contribution in [0.15, 0.2) is 71.6 Å². The van der Waals surface area contributed by atoms with E-state index in [9.17, 15) is 4.79 Å². The summed E-state index contributed by atoms with van der Waals surface area (Å²) >= 11 is 7.74. The Kier molecular flexibility index (Phi) is 6.02. The summed E-state index contributed by atoms with van der Waals surface area (Å²) in [6, 6.07) is 21.7. The predicted octanol–water partition coefficient (Wildman–Crippen LogP) is 6.50. The van der Waals surface area contributed by atoms with Crippen molar-refractivity contribution in [3.8, 4) is 0 Å². The van der Waals surface area contributed by atoms with Gasteiger partial charge in [0.2, 0.25) is 0 Å². The van der Waals surface area contributed by atoms with Crippen LogP contribution in [0.3, 0.4) is 0 Å². The van der Waals surface area contributed by atoms with Crippen molar-refractivity contribution in [3.05, 3.63) is 94.0 Å². The smallest absolute Gasteiger partial charge is 0.255 e. The molecule has 132 valence electrons. The van der Waals surface area contributed by atoms with Gasteiger partial charge >= 0.3 is 0 Å². The van der Waals surface area contributed by atoms with Gasteiger partial charge < -0.3 is 5.32 Å². The number of carbonyl (C=O) groups is 1. The van der Waals surface area contributed by atoms with Gasteiger partial charge in [-0.05, 0) is 67.4 Å². The van der Waals surface area contributed by atoms with E-state index in [1.54, 1.807) is 17.8 Å². The fourth-order valence-corrected chi connectivity index (χ4v) is 3.60. The number of thioether (sulfide) groups is 1. The van der Waals surface area contributed by atoms with E-state index in [0.717, 1.165) is 17.0 Å². The Balaban J connectivity index is 1.61. The molecule has 2 nitrogen and oxygen atoms in total. The number of nitrogens with one attached hydrogen (secondary N) is 1. The molecule has 0 aliphatic rings. The highest BCUT2D eigenvalue weighted by molar-refractivity contribution is 7.98. The molecule has 0 aliphatic carbocycles. The Morgan fingerprint density at radius 2 is 1.65 bits per heavy atom. The number of carbonyl (C=O) groups excluding carboxylic acids is 1. The second kappa shape index (κ2) is 8.43. The summed E-state index contributed by atoms with van der Waals surface area (Å²) in [6.07, 6.45) is 0. The van der Waals surface area contributed by atoms with Crippen LogP contribution in [0.5, 0.6) is 0 Å². The lowest BCUT2D eigenvalue weighted by atomic mass is 10.1. The van der Waals surface area contributed by atoms with E-state index in [1.165, 1.54) is 16.0 Å². The van der Waals surface area contributed by atoms with Crippen molar-refractivity contribution in [3.63, 3.8) is 0 Å². The molecule has 1 amide bonds. The summed E-state index contributed by atoms with van der Waals surface area (Å²) in [7, 11) is 0. The van der Waals surface area contributed by atoms with Crippen LogP contribution in [0, 0.1) is 13.8 Å². The van der Waals surface area contributed by atoms with Crippen LogP contribution in [0.2, 0.25) is 5.02 Å². The zero-order valence-electron chi connectivity index (χ0n) is 14.8. The van der Waals surface area contributed by atoms with E-state index >= 15 is 0 Å². The number of anilines is 1. The van der Waals surface area contributed by atoms with E-state index in [4.69, 9.17) is 11.6 Å². The summed E-state index contributed by atoms with van der Waals surface area (Å²) in [6.45, 7) is 4.01. The molecule has 1 N–H and O–H groups in total. The molecule has 0 radical (unpaired) electrons. The van der Waals surface area contributed by atoms with Crippen LogP contribution in [0.4, 0.5) is 5.69 Å². The Morgan fingerprint density at radius 3 is 2.31 bits per heavy atom. The third kappa shape index (κ3) is 4.90. The summed E-state index contributed by atoms with van der Waals surface area (Å²) < 4.78 is 0. The molecular weight excluding hydrogens is 362 g/mol. The second-order valence-corrected chi connectivity index (χ2v) is 7.70. The number of hydrogen-bond acceptors (Lipinski definition) is 2. The largest absolute Gasteiger partial charge is 0.322 e. The van der Waals surface area contributed by atoms with Gasteiger partial charge in [-0.25, -0.2) is 0 Å². The van der Waals surface area contributed by atoms with Crippen LogP contribution in [-0.4, -0.2) is 5.91 Å². The fraction of sp³-hybridized carbons (Fsp3) is 0.136. The van der Waals surface area contributed by atoms with Crippen LogP contribution < -0.4 is 5.32 Å². The minimum Gasteiger partial charge on any atom is -0.322 e. The molecule has 0 spiro atoms. The average molecular weight is 382 g/mol. The van der Waals surface area contributed by atoms with Crippen LogP contribution in [0.1, 0.15) is 27.0 Å². The number of rotatable bonds is 5. The quantitative estimate of drug-likeness (QED) is 0.511. The van der Waals surface area contributed by atoms with Crippen molar-refractivity contribution in [2.24, 2.45) is 0 Å². The van der Waals surface area contributed by atoms with Gasteiger partial charge in [-0.15, -0.1) is 11.8 Å². The lowest BCUT2D eigenvalue weighted by Gasteiger charge is -2.09.